The van der Waals surface area contributed by atoms with Gasteiger partial charge in [0, 0.05) is 24.2 Å². The van der Waals surface area contributed by atoms with Gasteiger partial charge in [0.1, 0.15) is 0 Å². The highest BCUT2D eigenvalue weighted by molar-refractivity contribution is 8.00. The Hall–Kier alpha value is 0.390. The summed E-state index contributed by atoms with van der Waals surface area (Å²) in [5, 5.41) is 0. The molecule has 0 N–H and O–H groups in total. The Morgan fingerprint density at radius 1 is 1.27 bits per heavy atom. The van der Waals surface area contributed by atoms with Gasteiger partial charge in [-0.3, -0.25) is 0 Å². The number of nitrogens with zero attached hydrogens (tertiary/aromatic N) is 1. The third-order valence-corrected chi connectivity index (χ3v) is 2.93. The summed E-state index contributed by atoms with van der Waals surface area (Å²) in [5.74, 6) is 0.638. The maximum absolute atomic E-state index is 11.9. The molecule has 92 valence electrons. The van der Waals surface area contributed by atoms with E-state index in [9.17, 15) is 13.2 Å². The van der Waals surface area contributed by atoms with Crippen molar-refractivity contribution in [1.82, 2.24) is 4.90 Å². The minimum atomic E-state index is -4.12. The Morgan fingerprint density at radius 2 is 1.87 bits per heavy atom. The van der Waals surface area contributed by atoms with Crippen LogP contribution in [0.2, 0.25) is 0 Å². The second kappa shape index (κ2) is 7.63. The van der Waals surface area contributed by atoms with Crippen LogP contribution in [-0.4, -0.2) is 41.2 Å². The SMILES string of the molecule is CC(C)N(CCCCl)CCSC(F)(F)F. The Bertz CT molecular complexity index is 164. The normalized spacial score (nSPS) is 12.8. The molecule has 0 unspecified atom stereocenters. The molecule has 0 aromatic heterocycles. The summed E-state index contributed by atoms with van der Waals surface area (Å²) in [6, 6.07) is 0.266. The standard InChI is InChI=1S/C9H17ClF3NS/c1-8(2)14(5-3-4-10)6-7-15-9(11,12)13/h8H,3-7H2,1-2H3. The van der Waals surface area contributed by atoms with Crippen molar-refractivity contribution in [1.29, 1.82) is 0 Å². The van der Waals surface area contributed by atoms with Crippen molar-refractivity contribution in [2.24, 2.45) is 0 Å². The van der Waals surface area contributed by atoms with Crippen LogP contribution < -0.4 is 0 Å². The number of halogens is 4. The molecule has 0 heterocycles. The molecule has 0 fully saturated rings. The quantitative estimate of drug-likeness (QED) is 0.646. The van der Waals surface area contributed by atoms with Crippen LogP contribution in [0.3, 0.4) is 0 Å². The zero-order chi connectivity index (χ0) is 11.9. The topological polar surface area (TPSA) is 3.24 Å². The summed E-state index contributed by atoms with van der Waals surface area (Å²) in [7, 11) is 0. The largest absolute Gasteiger partial charge is 0.441 e. The predicted octanol–water partition coefficient (Wildman–Crippen LogP) is 3.58. The van der Waals surface area contributed by atoms with E-state index in [1.807, 2.05) is 18.7 Å². The Labute approximate surface area is 98.3 Å². The summed E-state index contributed by atoms with van der Waals surface area (Å²) in [4.78, 5) is 2.02. The molecular weight excluding hydrogens is 247 g/mol. The number of thioether (sulfide) groups is 1. The summed E-state index contributed by atoms with van der Waals surface area (Å²) in [5.41, 5.74) is -4.12. The van der Waals surface area contributed by atoms with Crippen molar-refractivity contribution in [2.45, 2.75) is 31.8 Å². The lowest BCUT2D eigenvalue weighted by Gasteiger charge is -2.26. The zero-order valence-electron chi connectivity index (χ0n) is 8.98. The van der Waals surface area contributed by atoms with Gasteiger partial charge in [-0.1, -0.05) is 0 Å². The fourth-order valence-corrected chi connectivity index (χ4v) is 1.85. The molecule has 1 nitrogen and oxygen atoms in total. The molecule has 0 atom stereocenters. The lowest BCUT2D eigenvalue weighted by molar-refractivity contribution is -0.0329. The molecule has 0 amide bonds. The lowest BCUT2D eigenvalue weighted by atomic mass is 10.3. The molecule has 0 rings (SSSR count). The first-order chi connectivity index (χ1) is 6.87. The zero-order valence-corrected chi connectivity index (χ0v) is 10.6. The Kier molecular flexibility index (Phi) is 7.83. The van der Waals surface area contributed by atoms with Gasteiger partial charge in [0.2, 0.25) is 0 Å². The van der Waals surface area contributed by atoms with E-state index in [1.54, 1.807) is 0 Å². The molecule has 0 aliphatic rings. The maximum Gasteiger partial charge on any atom is 0.441 e. The molecule has 15 heavy (non-hydrogen) atoms. The third kappa shape index (κ3) is 9.33. The fraction of sp³-hybridized carbons (Fsp3) is 1.00. The fourth-order valence-electron chi connectivity index (χ4n) is 1.17. The van der Waals surface area contributed by atoms with Crippen molar-refractivity contribution < 1.29 is 13.2 Å². The molecule has 0 spiro atoms. The van der Waals surface area contributed by atoms with Crippen LogP contribution in [0.4, 0.5) is 13.2 Å². The van der Waals surface area contributed by atoms with E-state index in [4.69, 9.17) is 11.6 Å². The molecule has 0 aromatic carbocycles. The number of hydrogen-bond acceptors (Lipinski definition) is 2. The molecule has 0 bridgehead atoms. The number of rotatable bonds is 7. The van der Waals surface area contributed by atoms with Gasteiger partial charge in [-0.05, 0) is 38.6 Å². The van der Waals surface area contributed by atoms with E-state index in [0.717, 1.165) is 13.0 Å². The van der Waals surface area contributed by atoms with E-state index in [1.165, 1.54) is 0 Å². The van der Waals surface area contributed by atoms with Crippen molar-refractivity contribution >= 4 is 23.4 Å². The van der Waals surface area contributed by atoms with Gasteiger partial charge in [0.15, 0.2) is 0 Å². The van der Waals surface area contributed by atoms with Crippen LogP contribution >= 0.6 is 23.4 Å². The maximum atomic E-state index is 11.9. The molecule has 0 aliphatic heterocycles. The average Bonchev–Trinajstić information content (AvgIpc) is 2.08. The Morgan fingerprint density at radius 3 is 2.27 bits per heavy atom. The van der Waals surface area contributed by atoms with Gasteiger partial charge in [-0.15, -0.1) is 11.6 Å². The molecule has 0 aliphatic carbocycles. The van der Waals surface area contributed by atoms with Crippen LogP contribution in [0.5, 0.6) is 0 Å². The van der Waals surface area contributed by atoms with Crippen molar-refractivity contribution in [2.75, 3.05) is 24.7 Å². The van der Waals surface area contributed by atoms with Gasteiger partial charge in [0.05, 0.1) is 0 Å². The molecular formula is C9H17ClF3NS. The lowest BCUT2D eigenvalue weighted by Crippen LogP contribution is -2.34. The predicted molar refractivity (Wildman–Crippen MR) is 60.6 cm³/mol. The summed E-state index contributed by atoms with van der Waals surface area (Å²) in [6.07, 6.45) is 0.816. The second-order valence-corrected chi connectivity index (χ2v) is 5.00. The molecule has 0 saturated carbocycles. The van der Waals surface area contributed by atoms with Gasteiger partial charge < -0.3 is 4.90 Å². The average molecular weight is 264 g/mol. The van der Waals surface area contributed by atoms with E-state index in [0.29, 0.717) is 12.4 Å². The highest BCUT2D eigenvalue weighted by Crippen LogP contribution is 2.29. The second-order valence-electron chi connectivity index (χ2n) is 3.47. The smallest absolute Gasteiger partial charge is 0.300 e. The first-order valence-electron chi connectivity index (χ1n) is 4.87. The molecule has 0 radical (unpaired) electrons. The van der Waals surface area contributed by atoms with Crippen molar-refractivity contribution in [3.63, 3.8) is 0 Å². The van der Waals surface area contributed by atoms with E-state index in [-0.39, 0.29) is 23.6 Å². The van der Waals surface area contributed by atoms with Crippen LogP contribution in [0.1, 0.15) is 20.3 Å². The highest BCUT2D eigenvalue weighted by atomic mass is 35.5. The van der Waals surface area contributed by atoms with Gasteiger partial charge in [0.25, 0.3) is 0 Å². The first-order valence-corrected chi connectivity index (χ1v) is 6.39. The van der Waals surface area contributed by atoms with Crippen LogP contribution in [0.15, 0.2) is 0 Å². The molecule has 0 saturated heterocycles. The van der Waals surface area contributed by atoms with Gasteiger partial charge in [-0.25, -0.2) is 0 Å². The summed E-state index contributed by atoms with van der Waals surface area (Å²) < 4.78 is 35.6. The van der Waals surface area contributed by atoms with Gasteiger partial charge in [-0.2, -0.15) is 13.2 Å². The number of hydrogen-bond donors (Lipinski definition) is 0. The van der Waals surface area contributed by atoms with E-state index < -0.39 is 5.51 Å². The first kappa shape index (κ1) is 15.4. The minimum Gasteiger partial charge on any atom is -0.300 e. The van der Waals surface area contributed by atoms with E-state index >= 15 is 0 Å². The molecule has 0 aromatic rings. The van der Waals surface area contributed by atoms with Crippen LogP contribution in [0, 0.1) is 0 Å². The summed E-state index contributed by atoms with van der Waals surface area (Å²) >= 11 is 5.58. The van der Waals surface area contributed by atoms with Crippen molar-refractivity contribution in [3.8, 4) is 0 Å². The molecule has 6 heteroatoms. The number of alkyl halides is 4. The third-order valence-electron chi connectivity index (χ3n) is 1.95. The highest BCUT2D eigenvalue weighted by Gasteiger charge is 2.27. The van der Waals surface area contributed by atoms with Crippen LogP contribution in [-0.2, 0) is 0 Å². The summed E-state index contributed by atoms with van der Waals surface area (Å²) in [6.45, 7) is 5.18. The van der Waals surface area contributed by atoms with Gasteiger partial charge >= 0.3 is 5.51 Å². The monoisotopic (exact) mass is 263 g/mol. The minimum absolute atomic E-state index is 0.0381. The van der Waals surface area contributed by atoms with Crippen LogP contribution in [0.25, 0.3) is 0 Å². The Balaban J connectivity index is 3.76. The van der Waals surface area contributed by atoms with Crippen molar-refractivity contribution in [3.05, 3.63) is 0 Å². The van der Waals surface area contributed by atoms with E-state index in [2.05, 4.69) is 0 Å².